The van der Waals surface area contributed by atoms with Crippen LogP contribution in [0.2, 0.25) is 0 Å². The summed E-state index contributed by atoms with van der Waals surface area (Å²) in [7, 11) is 0. The van der Waals surface area contributed by atoms with Crippen molar-refractivity contribution in [2.45, 2.75) is 19.9 Å². The molecule has 0 aliphatic heterocycles. The number of carbonyl (C=O) groups excluding carboxylic acids is 1. The Balaban J connectivity index is 2.41. The van der Waals surface area contributed by atoms with Crippen LogP contribution in [0.1, 0.15) is 24.2 Å². The molecule has 2 aromatic rings. The summed E-state index contributed by atoms with van der Waals surface area (Å²) in [6, 6.07) is 11.0. The van der Waals surface area contributed by atoms with Gasteiger partial charge in [0.2, 0.25) is 0 Å². The van der Waals surface area contributed by atoms with Crippen LogP contribution in [0.3, 0.4) is 0 Å². The normalized spacial score (nSPS) is 12.2. The van der Waals surface area contributed by atoms with Crippen molar-refractivity contribution in [2.24, 2.45) is 5.92 Å². The zero-order valence-electron chi connectivity index (χ0n) is 11.4. The summed E-state index contributed by atoms with van der Waals surface area (Å²) >= 11 is 0. The molecular formula is C16H15FN2O. The fraction of sp³-hybridized carbons (Fsp3) is 0.250. The van der Waals surface area contributed by atoms with Gasteiger partial charge in [-0.15, -0.1) is 0 Å². The lowest BCUT2D eigenvalue weighted by atomic mass is 10.0. The first-order valence-electron chi connectivity index (χ1n) is 6.42. The van der Waals surface area contributed by atoms with Gasteiger partial charge in [0.15, 0.2) is 0 Å². The average molecular weight is 270 g/mol. The van der Waals surface area contributed by atoms with Crippen molar-refractivity contribution in [1.82, 2.24) is 5.32 Å². The van der Waals surface area contributed by atoms with Gasteiger partial charge in [0.25, 0.3) is 5.91 Å². The van der Waals surface area contributed by atoms with E-state index >= 15 is 0 Å². The topological polar surface area (TPSA) is 52.9 Å². The Bertz CT molecular complexity index is 688. The summed E-state index contributed by atoms with van der Waals surface area (Å²) in [5, 5.41) is 12.6. The Labute approximate surface area is 117 Å². The molecule has 0 aliphatic carbocycles. The van der Waals surface area contributed by atoms with Crippen LogP contribution in [0.5, 0.6) is 0 Å². The number of hydrogen-bond acceptors (Lipinski definition) is 2. The Morgan fingerprint density at radius 2 is 1.85 bits per heavy atom. The second-order valence-corrected chi connectivity index (χ2v) is 4.96. The maximum Gasteiger partial charge on any atom is 0.252 e. The van der Waals surface area contributed by atoms with E-state index in [1.54, 1.807) is 24.3 Å². The molecule has 102 valence electrons. The van der Waals surface area contributed by atoms with E-state index in [2.05, 4.69) is 11.4 Å². The second-order valence-electron chi connectivity index (χ2n) is 4.96. The van der Waals surface area contributed by atoms with Crippen LogP contribution < -0.4 is 5.32 Å². The molecule has 2 aromatic carbocycles. The monoisotopic (exact) mass is 270 g/mol. The van der Waals surface area contributed by atoms with E-state index in [9.17, 15) is 9.18 Å². The Hall–Kier alpha value is -2.41. The van der Waals surface area contributed by atoms with Crippen molar-refractivity contribution < 1.29 is 9.18 Å². The second kappa shape index (κ2) is 5.70. The zero-order chi connectivity index (χ0) is 14.7. The van der Waals surface area contributed by atoms with E-state index in [-0.39, 0.29) is 17.6 Å². The smallest absolute Gasteiger partial charge is 0.252 e. The van der Waals surface area contributed by atoms with Crippen LogP contribution in [0, 0.1) is 23.1 Å². The highest BCUT2D eigenvalue weighted by Gasteiger charge is 2.18. The highest BCUT2D eigenvalue weighted by atomic mass is 19.1. The van der Waals surface area contributed by atoms with E-state index in [1.807, 2.05) is 13.8 Å². The summed E-state index contributed by atoms with van der Waals surface area (Å²) < 4.78 is 13.7. The Morgan fingerprint density at radius 1 is 1.20 bits per heavy atom. The first-order chi connectivity index (χ1) is 9.54. The number of benzene rings is 2. The fourth-order valence-electron chi connectivity index (χ4n) is 2.03. The summed E-state index contributed by atoms with van der Waals surface area (Å²) in [5.41, 5.74) is 0.378. The van der Waals surface area contributed by atoms with Gasteiger partial charge in [0, 0.05) is 10.9 Å². The standard InChI is InChI=1S/C16H15FN2O/c1-10(2)15(9-18)19-16(20)13-7-8-14(17)12-6-4-3-5-11(12)13/h3-8,10,15H,1-2H3,(H,19,20). The molecule has 3 nitrogen and oxygen atoms in total. The maximum atomic E-state index is 13.7. The molecular weight excluding hydrogens is 255 g/mol. The molecule has 1 unspecified atom stereocenters. The van der Waals surface area contributed by atoms with Crippen molar-refractivity contribution in [3.05, 3.63) is 47.8 Å². The third-order valence-electron chi connectivity index (χ3n) is 3.21. The number of nitrogens with one attached hydrogen (secondary N) is 1. The van der Waals surface area contributed by atoms with Crippen molar-refractivity contribution in [3.63, 3.8) is 0 Å². The van der Waals surface area contributed by atoms with Gasteiger partial charge < -0.3 is 5.32 Å². The van der Waals surface area contributed by atoms with Crippen LogP contribution in [0.25, 0.3) is 10.8 Å². The molecule has 0 aliphatic rings. The predicted molar refractivity (Wildman–Crippen MR) is 75.6 cm³/mol. The van der Waals surface area contributed by atoms with Gasteiger partial charge in [0.05, 0.1) is 6.07 Å². The van der Waals surface area contributed by atoms with Crippen LogP contribution in [-0.4, -0.2) is 11.9 Å². The van der Waals surface area contributed by atoms with Gasteiger partial charge in [-0.05, 0) is 23.4 Å². The minimum Gasteiger partial charge on any atom is -0.336 e. The third kappa shape index (κ3) is 2.62. The first-order valence-corrected chi connectivity index (χ1v) is 6.42. The number of nitrogens with zero attached hydrogens (tertiary/aromatic N) is 1. The van der Waals surface area contributed by atoms with E-state index < -0.39 is 6.04 Å². The van der Waals surface area contributed by atoms with E-state index in [1.165, 1.54) is 12.1 Å². The largest absolute Gasteiger partial charge is 0.336 e. The van der Waals surface area contributed by atoms with Gasteiger partial charge >= 0.3 is 0 Å². The molecule has 20 heavy (non-hydrogen) atoms. The summed E-state index contributed by atoms with van der Waals surface area (Å²) in [6.07, 6.45) is 0. The summed E-state index contributed by atoms with van der Waals surface area (Å²) in [5.74, 6) is -0.713. The number of hydrogen-bond donors (Lipinski definition) is 1. The quantitative estimate of drug-likeness (QED) is 0.930. The van der Waals surface area contributed by atoms with Gasteiger partial charge in [0.1, 0.15) is 11.9 Å². The molecule has 4 heteroatoms. The van der Waals surface area contributed by atoms with Crippen LogP contribution >= 0.6 is 0 Å². The number of nitriles is 1. The minimum absolute atomic E-state index is 0.00987. The number of amides is 1. The molecule has 0 aromatic heterocycles. The Morgan fingerprint density at radius 3 is 2.45 bits per heavy atom. The molecule has 0 bridgehead atoms. The van der Waals surface area contributed by atoms with Gasteiger partial charge in [-0.25, -0.2) is 4.39 Å². The molecule has 1 N–H and O–H groups in total. The van der Waals surface area contributed by atoms with E-state index in [0.29, 0.717) is 16.3 Å². The summed E-state index contributed by atoms with van der Waals surface area (Å²) in [4.78, 5) is 12.3. The highest BCUT2D eigenvalue weighted by molar-refractivity contribution is 6.07. The first kappa shape index (κ1) is 14.0. The van der Waals surface area contributed by atoms with Crippen LogP contribution in [-0.2, 0) is 0 Å². The van der Waals surface area contributed by atoms with Crippen molar-refractivity contribution in [3.8, 4) is 6.07 Å². The van der Waals surface area contributed by atoms with E-state index in [0.717, 1.165) is 0 Å². The van der Waals surface area contributed by atoms with Gasteiger partial charge in [-0.3, -0.25) is 4.79 Å². The molecule has 0 radical (unpaired) electrons. The van der Waals surface area contributed by atoms with Gasteiger partial charge in [-0.2, -0.15) is 5.26 Å². The number of rotatable bonds is 3. The minimum atomic E-state index is -0.564. The molecule has 0 saturated carbocycles. The zero-order valence-corrected chi connectivity index (χ0v) is 11.4. The molecule has 0 spiro atoms. The molecule has 0 heterocycles. The molecule has 1 amide bonds. The molecule has 1 atom stereocenters. The maximum absolute atomic E-state index is 13.7. The van der Waals surface area contributed by atoms with E-state index in [4.69, 9.17) is 5.26 Å². The molecule has 0 fully saturated rings. The lowest BCUT2D eigenvalue weighted by molar-refractivity contribution is 0.0939. The SMILES string of the molecule is CC(C)C(C#N)NC(=O)c1ccc(F)c2ccccc12. The van der Waals surface area contributed by atoms with Crippen LogP contribution in [0.15, 0.2) is 36.4 Å². The number of carbonyl (C=O) groups is 1. The third-order valence-corrected chi connectivity index (χ3v) is 3.21. The van der Waals surface area contributed by atoms with Crippen LogP contribution in [0.4, 0.5) is 4.39 Å². The highest BCUT2D eigenvalue weighted by Crippen LogP contribution is 2.22. The predicted octanol–water partition coefficient (Wildman–Crippen LogP) is 3.26. The number of fused-ring (bicyclic) bond motifs is 1. The lowest BCUT2D eigenvalue weighted by Crippen LogP contribution is -2.37. The molecule has 2 rings (SSSR count). The van der Waals surface area contributed by atoms with Gasteiger partial charge in [-0.1, -0.05) is 38.1 Å². The van der Waals surface area contributed by atoms with Crippen molar-refractivity contribution in [1.29, 1.82) is 5.26 Å². The Kier molecular flexibility index (Phi) is 3.99. The lowest BCUT2D eigenvalue weighted by Gasteiger charge is -2.15. The number of halogens is 1. The molecule has 0 saturated heterocycles. The van der Waals surface area contributed by atoms with Crippen molar-refractivity contribution >= 4 is 16.7 Å². The summed E-state index contributed by atoms with van der Waals surface area (Å²) in [6.45, 7) is 3.72. The average Bonchev–Trinajstić information content (AvgIpc) is 2.45. The van der Waals surface area contributed by atoms with Crippen molar-refractivity contribution in [2.75, 3.05) is 0 Å². The fourth-order valence-corrected chi connectivity index (χ4v) is 2.03.